The summed E-state index contributed by atoms with van der Waals surface area (Å²) < 4.78 is 5.71. The van der Waals surface area contributed by atoms with Crippen LogP contribution in [0.4, 0.5) is 5.69 Å². The molecule has 0 saturated heterocycles. The van der Waals surface area contributed by atoms with Crippen LogP contribution in [0.2, 0.25) is 0 Å². The molecule has 0 radical (unpaired) electrons. The second-order valence-corrected chi connectivity index (χ2v) is 5.55. The van der Waals surface area contributed by atoms with E-state index < -0.39 is 0 Å². The molecule has 2 aromatic rings. The van der Waals surface area contributed by atoms with Crippen molar-refractivity contribution in [1.29, 1.82) is 0 Å². The normalized spacial score (nSPS) is 10.8. The third-order valence-corrected chi connectivity index (χ3v) is 3.39. The van der Waals surface area contributed by atoms with E-state index in [4.69, 9.17) is 10.5 Å². The predicted octanol–water partition coefficient (Wildman–Crippen LogP) is 4.72. The van der Waals surface area contributed by atoms with E-state index in [0.717, 1.165) is 36.4 Å². The van der Waals surface area contributed by atoms with E-state index in [1.807, 2.05) is 55.5 Å². The van der Waals surface area contributed by atoms with E-state index in [0.29, 0.717) is 12.5 Å². The maximum Gasteiger partial charge on any atom is 0.193 e. The number of hydrogen-bond acceptors (Lipinski definition) is 2. The Hall–Kier alpha value is -1.76. The molecule has 0 saturated carbocycles. The molecule has 5 heteroatoms. The lowest BCUT2D eigenvalue weighted by atomic mass is 10.2. The molecule has 24 heavy (non-hydrogen) atoms. The van der Waals surface area contributed by atoms with E-state index in [1.165, 1.54) is 5.56 Å². The first-order chi connectivity index (χ1) is 11.2. The number of rotatable bonds is 7. The van der Waals surface area contributed by atoms with Crippen LogP contribution in [-0.4, -0.2) is 12.6 Å². The highest BCUT2D eigenvalue weighted by Gasteiger charge is 1.99. The van der Waals surface area contributed by atoms with Crippen LogP contribution in [0.15, 0.2) is 53.5 Å². The van der Waals surface area contributed by atoms with Gasteiger partial charge in [-0.05, 0) is 48.7 Å². The topological polar surface area (TPSA) is 59.6 Å². The molecule has 0 unspecified atom stereocenters. The Morgan fingerprint density at radius 3 is 2.71 bits per heavy atom. The fourth-order valence-corrected chi connectivity index (χ4v) is 2.15. The largest absolute Gasteiger partial charge is 0.494 e. The van der Waals surface area contributed by atoms with Gasteiger partial charge in [-0.1, -0.05) is 37.6 Å². The molecule has 0 atom stereocenters. The standard InChI is InChI=1S/C19H25N3O.HI/c1-3-4-11-23-18-10-6-8-16(13-18)14-21-19(20)22-17-9-5-7-15(2)12-17;/h5-10,12-13H,3-4,11,14H2,1-2H3,(H3,20,21,22);1H. The number of halogens is 1. The van der Waals surface area contributed by atoms with E-state index in [9.17, 15) is 0 Å². The Labute approximate surface area is 161 Å². The highest BCUT2D eigenvalue weighted by Crippen LogP contribution is 2.15. The lowest BCUT2D eigenvalue weighted by molar-refractivity contribution is 0.309. The summed E-state index contributed by atoms with van der Waals surface area (Å²) in [6.07, 6.45) is 2.20. The van der Waals surface area contributed by atoms with Gasteiger partial charge in [0, 0.05) is 5.69 Å². The number of nitrogens with zero attached hydrogens (tertiary/aromatic N) is 1. The number of benzene rings is 2. The molecule has 0 heterocycles. The first-order valence-electron chi connectivity index (χ1n) is 8.02. The van der Waals surface area contributed by atoms with Crippen LogP contribution in [0.3, 0.4) is 0 Å². The Balaban J connectivity index is 0.00000288. The van der Waals surface area contributed by atoms with E-state index in [2.05, 4.69) is 17.2 Å². The molecular weight excluding hydrogens is 413 g/mol. The number of aryl methyl sites for hydroxylation is 1. The van der Waals surface area contributed by atoms with E-state index in [-0.39, 0.29) is 24.0 Å². The molecule has 0 spiro atoms. The van der Waals surface area contributed by atoms with Crippen LogP contribution < -0.4 is 15.8 Å². The van der Waals surface area contributed by atoms with Crippen molar-refractivity contribution < 1.29 is 4.74 Å². The van der Waals surface area contributed by atoms with Gasteiger partial charge >= 0.3 is 0 Å². The van der Waals surface area contributed by atoms with Crippen molar-refractivity contribution in [2.75, 3.05) is 11.9 Å². The lowest BCUT2D eigenvalue weighted by Crippen LogP contribution is -2.22. The third kappa shape index (κ3) is 7.21. The van der Waals surface area contributed by atoms with Crippen molar-refractivity contribution in [3.05, 3.63) is 59.7 Å². The second kappa shape index (κ2) is 10.9. The minimum Gasteiger partial charge on any atom is -0.494 e. The maximum absolute atomic E-state index is 5.95. The molecule has 0 aliphatic rings. The van der Waals surface area contributed by atoms with Gasteiger partial charge in [-0.25, -0.2) is 4.99 Å². The molecule has 0 amide bonds. The summed E-state index contributed by atoms with van der Waals surface area (Å²) in [7, 11) is 0. The molecule has 0 fully saturated rings. The quantitative estimate of drug-likeness (QED) is 0.284. The Morgan fingerprint density at radius 2 is 1.96 bits per heavy atom. The van der Waals surface area contributed by atoms with Crippen LogP contribution in [0.5, 0.6) is 5.75 Å². The summed E-state index contributed by atoms with van der Waals surface area (Å²) in [5, 5.41) is 3.11. The maximum atomic E-state index is 5.95. The third-order valence-electron chi connectivity index (χ3n) is 3.39. The number of hydrogen-bond donors (Lipinski definition) is 2. The molecule has 2 rings (SSSR count). The van der Waals surface area contributed by atoms with Gasteiger partial charge in [-0.2, -0.15) is 0 Å². The monoisotopic (exact) mass is 439 g/mol. The van der Waals surface area contributed by atoms with Gasteiger partial charge in [0.1, 0.15) is 5.75 Å². The van der Waals surface area contributed by atoms with Crippen LogP contribution in [0, 0.1) is 6.92 Å². The Kier molecular flexibility index (Phi) is 9.22. The zero-order valence-electron chi connectivity index (χ0n) is 14.3. The van der Waals surface area contributed by atoms with Gasteiger partial charge in [0.05, 0.1) is 13.2 Å². The molecule has 0 bridgehead atoms. The number of nitrogens with two attached hydrogens (primary N) is 1. The summed E-state index contributed by atoms with van der Waals surface area (Å²) in [6.45, 7) is 5.47. The van der Waals surface area contributed by atoms with Crippen LogP contribution in [0.25, 0.3) is 0 Å². The average Bonchev–Trinajstić information content (AvgIpc) is 2.54. The summed E-state index contributed by atoms with van der Waals surface area (Å²) in [5.74, 6) is 1.30. The highest BCUT2D eigenvalue weighted by molar-refractivity contribution is 14.0. The van der Waals surface area contributed by atoms with Gasteiger partial charge in [0.2, 0.25) is 0 Å². The molecule has 130 valence electrons. The lowest BCUT2D eigenvalue weighted by Gasteiger charge is -2.08. The van der Waals surface area contributed by atoms with Crippen molar-refractivity contribution >= 4 is 35.6 Å². The first kappa shape index (κ1) is 20.3. The van der Waals surface area contributed by atoms with Crippen molar-refractivity contribution in [3.8, 4) is 5.75 Å². The Morgan fingerprint density at radius 1 is 1.17 bits per heavy atom. The smallest absolute Gasteiger partial charge is 0.193 e. The molecule has 0 aliphatic heterocycles. The summed E-state index contributed by atoms with van der Waals surface area (Å²) in [6, 6.07) is 16.0. The number of aliphatic imine (C=N–C) groups is 1. The van der Waals surface area contributed by atoms with Crippen LogP contribution in [0.1, 0.15) is 30.9 Å². The average molecular weight is 439 g/mol. The van der Waals surface area contributed by atoms with E-state index >= 15 is 0 Å². The summed E-state index contributed by atoms with van der Waals surface area (Å²) >= 11 is 0. The van der Waals surface area contributed by atoms with Gasteiger partial charge in [-0.15, -0.1) is 24.0 Å². The van der Waals surface area contributed by atoms with Gasteiger partial charge in [0.15, 0.2) is 5.96 Å². The van der Waals surface area contributed by atoms with Gasteiger partial charge < -0.3 is 15.8 Å². The Bertz CT molecular complexity index is 659. The second-order valence-electron chi connectivity index (χ2n) is 5.55. The van der Waals surface area contributed by atoms with Gasteiger partial charge in [0.25, 0.3) is 0 Å². The number of ether oxygens (including phenoxy) is 1. The van der Waals surface area contributed by atoms with Crippen LogP contribution in [-0.2, 0) is 6.54 Å². The molecule has 0 aromatic heterocycles. The van der Waals surface area contributed by atoms with Crippen molar-refractivity contribution in [1.82, 2.24) is 0 Å². The number of anilines is 1. The SMILES string of the molecule is CCCCOc1cccc(CN=C(N)Nc2cccc(C)c2)c1.I. The molecule has 2 aromatic carbocycles. The van der Waals surface area contributed by atoms with Gasteiger partial charge in [-0.3, -0.25) is 0 Å². The predicted molar refractivity (Wildman–Crippen MR) is 112 cm³/mol. The highest BCUT2D eigenvalue weighted by atomic mass is 127. The fourth-order valence-electron chi connectivity index (χ4n) is 2.15. The number of nitrogens with one attached hydrogen (secondary N) is 1. The first-order valence-corrected chi connectivity index (χ1v) is 8.02. The number of guanidine groups is 1. The van der Waals surface area contributed by atoms with Crippen molar-refractivity contribution in [2.45, 2.75) is 33.2 Å². The van der Waals surface area contributed by atoms with E-state index in [1.54, 1.807) is 0 Å². The minimum absolute atomic E-state index is 0. The minimum atomic E-state index is 0. The van der Waals surface area contributed by atoms with Crippen LogP contribution >= 0.6 is 24.0 Å². The summed E-state index contributed by atoms with van der Waals surface area (Å²) in [5.41, 5.74) is 9.15. The zero-order chi connectivity index (χ0) is 16.5. The molecule has 3 N–H and O–H groups in total. The molecular formula is C19H26IN3O. The van der Waals surface area contributed by atoms with Crippen molar-refractivity contribution in [3.63, 3.8) is 0 Å². The zero-order valence-corrected chi connectivity index (χ0v) is 16.6. The molecule has 0 aliphatic carbocycles. The molecule has 4 nitrogen and oxygen atoms in total. The summed E-state index contributed by atoms with van der Waals surface area (Å²) in [4.78, 5) is 4.38. The van der Waals surface area contributed by atoms with Crippen molar-refractivity contribution in [2.24, 2.45) is 10.7 Å². The fraction of sp³-hybridized carbons (Fsp3) is 0.316. The number of unbranched alkanes of at least 4 members (excludes halogenated alkanes) is 1.